The fourth-order valence-corrected chi connectivity index (χ4v) is 3.25. The molecule has 2 aromatic carbocycles. The summed E-state index contributed by atoms with van der Waals surface area (Å²) in [6.07, 6.45) is 0. The van der Waals surface area contributed by atoms with Gasteiger partial charge in [-0.2, -0.15) is 0 Å². The maximum atomic E-state index is 12.6. The highest BCUT2D eigenvalue weighted by Crippen LogP contribution is 2.23. The smallest absolute Gasteiger partial charge is 0.241 e. The van der Waals surface area contributed by atoms with Gasteiger partial charge in [-0.15, -0.1) is 0 Å². The van der Waals surface area contributed by atoms with Crippen LogP contribution in [-0.2, 0) is 16.1 Å². The highest BCUT2D eigenvalue weighted by atomic mass is 16.5. The molecule has 1 aliphatic heterocycles. The fourth-order valence-electron chi connectivity index (χ4n) is 3.25. The summed E-state index contributed by atoms with van der Waals surface area (Å²) in [7, 11) is 2.00. The van der Waals surface area contributed by atoms with E-state index in [9.17, 15) is 4.79 Å². The Morgan fingerprint density at radius 3 is 2.52 bits per heavy atom. The van der Waals surface area contributed by atoms with E-state index in [2.05, 4.69) is 39.4 Å². The third kappa shape index (κ3) is 5.08. The summed E-state index contributed by atoms with van der Waals surface area (Å²) in [5, 5.41) is 3.01. The van der Waals surface area contributed by atoms with E-state index in [0.717, 1.165) is 38.5 Å². The molecule has 3 rings (SSSR count). The van der Waals surface area contributed by atoms with Crippen LogP contribution in [0.25, 0.3) is 0 Å². The Kier molecular flexibility index (Phi) is 6.48. The van der Waals surface area contributed by atoms with Gasteiger partial charge < -0.3 is 15.0 Å². The number of rotatable bonds is 6. The Bertz CT molecular complexity index is 754. The number of hydrogen-bond donors (Lipinski definition) is 1. The van der Waals surface area contributed by atoms with Crippen LogP contribution in [-0.4, -0.2) is 50.2 Å². The minimum absolute atomic E-state index is 0.00482. The van der Waals surface area contributed by atoms with Gasteiger partial charge >= 0.3 is 0 Å². The van der Waals surface area contributed by atoms with Crippen molar-refractivity contribution >= 4 is 17.3 Å². The van der Waals surface area contributed by atoms with E-state index in [1.165, 1.54) is 16.8 Å². The first kappa shape index (κ1) is 19.4. The first-order valence-electron chi connectivity index (χ1n) is 9.53. The lowest BCUT2D eigenvalue weighted by atomic mass is 10.1. The van der Waals surface area contributed by atoms with Gasteiger partial charge in [0.2, 0.25) is 5.91 Å². The molecule has 0 aliphatic carbocycles. The van der Waals surface area contributed by atoms with E-state index in [0.29, 0.717) is 0 Å². The highest BCUT2D eigenvalue weighted by Gasteiger charge is 2.21. The maximum Gasteiger partial charge on any atom is 0.241 e. The second-order valence-corrected chi connectivity index (χ2v) is 7.17. The predicted octanol–water partition coefficient (Wildman–Crippen LogP) is 3.29. The molecule has 1 N–H and O–H groups in total. The number of nitrogens with zero attached hydrogens (tertiary/aromatic N) is 2. The quantitative estimate of drug-likeness (QED) is 0.851. The molecular formula is C22H29N3O2. The number of hydrogen-bond acceptors (Lipinski definition) is 4. The van der Waals surface area contributed by atoms with Gasteiger partial charge in [-0.1, -0.05) is 35.9 Å². The molecule has 2 aromatic rings. The number of carbonyl (C=O) groups is 1. The van der Waals surface area contributed by atoms with Crippen molar-refractivity contribution in [2.45, 2.75) is 26.4 Å². The molecule has 1 heterocycles. The van der Waals surface area contributed by atoms with E-state index in [4.69, 9.17) is 4.74 Å². The van der Waals surface area contributed by atoms with Crippen LogP contribution in [0.1, 0.15) is 18.1 Å². The van der Waals surface area contributed by atoms with Crippen molar-refractivity contribution in [2.24, 2.45) is 0 Å². The standard InChI is InChI=1S/C22H29N3O2/c1-17-8-10-20(11-9-17)23-22(26)18(2)24(3)16-19-6-4-5-7-21(19)25-12-14-27-15-13-25/h4-11,18H,12-16H2,1-3H3,(H,23,26)/t18-/m1/s1. The summed E-state index contributed by atoms with van der Waals surface area (Å²) < 4.78 is 5.47. The van der Waals surface area contributed by atoms with Gasteiger partial charge in [0.15, 0.2) is 0 Å². The Morgan fingerprint density at radius 2 is 1.81 bits per heavy atom. The minimum atomic E-state index is -0.232. The lowest BCUT2D eigenvalue weighted by molar-refractivity contribution is -0.120. The third-order valence-corrected chi connectivity index (χ3v) is 5.12. The number of aryl methyl sites for hydroxylation is 1. The second kappa shape index (κ2) is 9.02. The van der Waals surface area contributed by atoms with Crippen LogP contribution < -0.4 is 10.2 Å². The summed E-state index contributed by atoms with van der Waals surface area (Å²) >= 11 is 0. The molecule has 0 unspecified atom stereocenters. The van der Waals surface area contributed by atoms with Crippen molar-refractivity contribution in [2.75, 3.05) is 43.6 Å². The van der Waals surface area contributed by atoms with Crippen molar-refractivity contribution < 1.29 is 9.53 Å². The van der Waals surface area contributed by atoms with E-state index in [1.807, 2.05) is 45.2 Å². The lowest BCUT2D eigenvalue weighted by Crippen LogP contribution is -2.40. The zero-order chi connectivity index (χ0) is 19.2. The minimum Gasteiger partial charge on any atom is -0.378 e. The first-order valence-corrected chi connectivity index (χ1v) is 9.53. The van der Waals surface area contributed by atoms with Crippen LogP contribution in [0, 0.1) is 6.92 Å². The summed E-state index contributed by atoms with van der Waals surface area (Å²) in [5.41, 5.74) is 4.48. The Morgan fingerprint density at radius 1 is 1.15 bits per heavy atom. The van der Waals surface area contributed by atoms with Crippen molar-refractivity contribution in [1.82, 2.24) is 4.90 Å². The number of carbonyl (C=O) groups excluding carboxylic acids is 1. The molecule has 0 bridgehead atoms. The zero-order valence-electron chi connectivity index (χ0n) is 16.4. The number of morpholine rings is 1. The van der Waals surface area contributed by atoms with Crippen LogP contribution in [0.2, 0.25) is 0 Å². The predicted molar refractivity (Wildman–Crippen MR) is 110 cm³/mol. The van der Waals surface area contributed by atoms with Crippen LogP contribution in [0.15, 0.2) is 48.5 Å². The Hall–Kier alpha value is -2.37. The average molecular weight is 367 g/mol. The number of para-hydroxylation sites is 1. The van der Waals surface area contributed by atoms with E-state index in [-0.39, 0.29) is 11.9 Å². The number of amides is 1. The molecular weight excluding hydrogens is 338 g/mol. The van der Waals surface area contributed by atoms with Crippen LogP contribution in [0.5, 0.6) is 0 Å². The molecule has 1 atom stereocenters. The number of benzene rings is 2. The second-order valence-electron chi connectivity index (χ2n) is 7.17. The van der Waals surface area contributed by atoms with Crippen molar-refractivity contribution in [3.8, 4) is 0 Å². The summed E-state index contributed by atoms with van der Waals surface area (Å²) in [6, 6.07) is 16.1. The lowest BCUT2D eigenvalue weighted by Gasteiger charge is -2.32. The van der Waals surface area contributed by atoms with Crippen LogP contribution in [0.4, 0.5) is 11.4 Å². The molecule has 0 saturated carbocycles. The molecule has 1 amide bonds. The van der Waals surface area contributed by atoms with Gasteiger partial charge in [0.25, 0.3) is 0 Å². The number of likely N-dealkylation sites (N-methyl/N-ethyl adjacent to an activating group) is 1. The molecule has 1 fully saturated rings. The third-order valence-electron chi connectivity index (χ3n) is 5.12. The number of ether oxygens (including phenoxy) is 1. The molecule has 5 nitrogen and oxygen atoms in total. The van der Waals surface area contributed by atoms with Crippen molar-refractivity contribution in [3.63, 3.8) is 0 Å². The maximum absolute atomic E-state index is 12.6. The molecule has 5 heteroatoms. The largest absolute Gasteiger partial charge is 0.378 e. The SMILES string of the molecule is Cc1ccc(NC(=O)[C@@H](C)N(C)Cc2ccccc2N2CCOCC2)cc1. The summed E-state index contributed by atoms with van der Waals surface area (Å²) in [6.45, 7) is 8.04. The Labute approximate surface area is 161 Å². The van der Waals surface area contributed by atoms with Crippen molar-refractivity contribution in [1.29, 1.82) is 0 Å². The highest BCUT2D eigenvalue weighted by molar-refractivity contribution is 5.94. The fraction of sp³-hybridized carbons (Fsp3) is 0.409. The first-order chi connectivity index (χ1) is 13.0. The topological polar surface area (TPSA) is 44.8 Å². The molecule has 1 saturated heterocycles. The number of nitrogens with one attached hydrogen (secondary N) is 1. The van der Waals surface area contributed by atoms with Gasteiger partial charge in [-0.05, 0) is 44.7 Å². The normalized spacial score (nSPS) is 15.6. The van der Waals surface area contributed by atoms with Crippen LogP contribution in [0.3, 0.4) is 0 Å². The molecule has 1 aliphatic rings. The number of anilines is 2. The molecule has 27 heavy (non-hydrogen) atoms. The van der Waals surface area contributed by atoms with Crippen LogP contribution >= 0.6 is 0 Å². The van der Waals surface area contributed by atoms with E-state index >= 15 is 0 Å². The van der Waals surface area contributed by atoms with Gasteiger partial charge in [-0.3, -0.25) is 9.69 Å². The van der Waals surface area contributed by atoms with E-state index in [1.54, 1.807) is 0 Å². The average Bonchev–Trinajstić information content (AvgIpc) is 2.70. The zero-order valence-corrected chi connectivity index (χ0v) is 16.4. The van der Waals surface area contributed by atoms with E-state index < -0.39 is 0 Å². The molecule has 144 valence electrons. The monoisotopic (exact) mass is 367 g/mol. The molecule has 0 radical (unpaired) electrons. The summed E-state index contributed by atoms with van der Waals surface area (Å²) in [5.74, 6) is 0.00482. The van der Waals surface area contributed by atoms with Gasteiger partial charge in [0.05, 0.1) is 19.3 Å². The molecule has 0 aromatic heterocycles. The van der Waals surface area contributed by atoms with Gasteiger partial charge in [0.1, 0.15) is 0 Å². The van der Waals surface area contributed by atoms with Gasteiger partial charge in [0, 0.05) is 31.0 Å². The van der Waals surface area contributed by atoms with Gasteiger partial charge in [-0.25, -0.2) is 0 Å². The summed E-state index contributed by atoms with van der Waals surface area (Å²) in [4.78, 5) is 17.1. The Balaban J connectivity index is 1.64. The van der Waals surface area contributed by atoms with Crippen molar-refractivity contribution in [3.05, 3.63) is 59.7 Å². The molecule has 0 spiro atoms.